The van der Waals surface area contributed by atoms with Crippen molar-refractivity contribution < 1.29 is 8.42 Å². The van der Waals surface area contributed by atoms with E-state index < -0.39 is 10.0 Å². The molecule has 0 amide bonds. The van der Waals surface area contributed by atoms with Gasteiger partial charge in [-0.3, -0.25) is 4.98 Å². The molecule has 0 fully saturated rings. The molecule has 29 heavy (non-hydrogen) atoms. The molecule has 6 nitrogen and oxygen atoms in total. The highest BCUT2D eigenvalue weighted by molar-refractivity contribution is 7.89. The van der Waals surface area contributed by atoms with Gasteiger partial charge in [0.1, 0.15) is 5.82 Å². The smallest absolute Gasteiger partial charge is 0.244 e. The van der Waals surface area contributed by atoms with E-state index in [2.05, 4.69) is 15.3 Å². The molecule has 8 heteroatoms. The van der Waals surface area contributed by atoms with E-state index in [1.54, 1.807) is 33.5 Å². The first kappa shape index (κ1) is 18.2. The molecule has 0 spiro atoms. The lowest BCUT2D eigenvalue weighted by Crippen LogP contribution is -2.36. The molecule has 0 atom stereocenters. The monoisotopic (exact) mass is 422 g/mol. The molecule has 0 unspecified atom stereocenters. The van der Waals surface area contributed by atoms with Crippen LogP contribution in [0.1, 0.15) is 11.1 Å². The van der Waals surface area contributed by atoms with Crippen LogP contribution >= 0.6 is 11.3 Å². The maximum absolute atomic E-state index is 12.9. The number of sulfonamides is 1. The van der Waals surface area contributed by atoms with E-state index in [1.165, 1.54) is 11.3 Å². The Hall–Kier alpha value is -2.81. The van der Waals surface area contributed by atoms with Crippen molar-refractivity contribution in [2.24, 2.45) is 0 Å². The number of aromatic nitrogens is 2. The standard InChI is InChI=1S/C21H18N4O2S2/c26-29(27,18-7-10-28-14-18)25-9-6-19-16(13-25)5-8-22-21(19)24-17-11-15-3-1-2-4-20(15)23-12-17/h1-5,7-8,10-12,14H,6,9,13H2,(H,22,24). The van der Waals surface area contributed by atoms with Gasteiger partial charge in [-0.05, 0) is 41.6 Å². The fourth-order valence-electron chi connectivity index (χ4n) is 3.60. The van der Waals surface area contributed by atoms with Crippen molar-refractivity contribution in [3.63, 3.8) is 0 Å². The van der Waals surface area contributed by atoms with Crippen molar-refractivity contribution in [2.75, 3.05) is 11.9 Å². The number of pyridine rings is 2. The van der Waals surface area contributed by atoms with Crippen LogP contribution in [-0.2, 0) is 23.0 Å². The summed E-state index contributed by atoms with van der Waals surface area (Å²) in [6.45, 7) is 0.780. The topological polar surface area (TPSA) is 75.2 Å². The average Bonchev–Trinajstić information content (AvgIpc) is 3.29. The zero-order valence-electron chi connectivity index (χ0n) is 15.4. The summed E-state index contributed by atoms with van der Waals surface area (Å²) < 4.78 is 27.2. The van der Waals surface area contributed by atoms with Gasteiger partial charge in [0.25, 0.3) is 0 Å². The van der Waals surface area contributed by atoms with E-state index >= 15 is 0 Å². The van der Waals surface area contributed by atoms with E-state index in [9.17, 15) is 8.42 Å². The number of hydrogen-bond acceptors (Lipinski definition) is 6. The number of hydrogen-bond donors (Lipinski definition) is 1. The predicted molar refractivity (Wildman–Crippen MR) is 115 cm³/mol. The zero-order chi connectivity index (χ0) is 19.8. The van der Waals surface area contributed by atoms with Crippen LogP contribution in [0.15, 0.2) is 70.5 Å². The van der Waals surface area contributed by atoms with Crippen molar-refractivity contribution in [1.82, 2.24) is 14.3 Å². The zero-order valence-corrected chi connectivity index (χ0v) is 17.1. The van der Waals surface area contributed by atoms with E-state index in [0.717, 1.165) is 33.5 Å². The molecule has 1 aliphatic heterocycles. The van der Waals surface area contributed by atoms with E-state index in [1.807, 2.05) is 36.4 Å². The van der Waals surface area contributed by atoms with Crippen molar-refractivity contribution in [1.29, 1.82) is 0 Å². The number of rotatable bonds is 4. The maximum atomic E-state index is 12.9. The number of thiophene rings is 1. The molecule has 3 aromatic heterocycles. The molecule has 1 aromatic carbocycles. The summed E-state index contributed by atoms with van der Waals surface area (Å²) in [6.07, 6.45) is 4.12. The number of nitrogens with one attached hydrogen (secondary N) is 1. The Bertz CT molecular complexity index is 1290. The molecule has 0 saturated heterocycles. The van der Waals surface area contributed by atoms with Crippen molar-refractivity contribution in [2.45, 2.75) is 17.9 Å². The Balaban J connectivity index is 1.43. The molecule has 0 saturated carbocycles. The molecule has 1 N–H and O–H groups in total. The number of benzene rings is 1. The van der Waals surface area contributed by atoms with E-state index in [-0.39, 0.29) is 0 Å². The average molecular weight is 423 g/mol. The molecule has 5 rings (SSSR count). The maximum Gasteiger partial charge on any atom is 0.244 e. The second-order valence-electron chi connectivity index (χ2n) is 6.89. The summed E-state index contributed by atoms with van der Waals surface area (Å²) in [5, 5.41) is 7.88. The van der Waals surface area contributed by atoms with Gasteiger partial charge < -0.3 is 5.32 Å². The fraction of sp³-hybridized carbons (Fsp3) is 0.143. The number of anilines is 2. The highest BCUT2D eigenvalue weighted by Gasteiger charge is 2.29. The molecule has 146 valence electrons. The lowest BCUT2D eigenvalue weighted by Gasteiger charge is -2.28. The van der Waals surface area contributed by atoms with Crippen LogP contribution in [0.2, 0.25) is 0 Å². The number of para-hydroxylation sites is 1. The minimum absolute atomic E-state index is 0.348. The Morgan fingerprint density at radius 1 is 1.10 bits per heavy atom. The van der Waals surface area contributed by atoms with Crippen LogP contribution in [0, 0.1) is 0 Å². The first-order chi connectivity index (χ1) is 14.1. The summed E-state index contributed by atoms with van der Waals surface area (Å²) in [4.78, 5) is 9.35. The summed E-state index contributed by atoms with van der Waals surface area (Å²) >= 11 is 1.39. The van der Waals surface area contributed by atoms with Crippen LogP contribution in [0.5, 0.6) is 0 Å². The first-order valence-corrected chi connectivity index (χ1v) is 11.6. The van der Waals surface area contributed by atoms with Gasteiger partial charge in [0.05, 0.1) is 22.3 Å². The van der Waals surface area contributed by atoms with Gasteiger partial charge in [-0.1, -0.05) is 18.2 Å². The third kappa shape index (κ3) is 3.39. The number of nitrogens with zero attached hydrogens (tertiary/aromatic N) is 3. The van der Waals surface area contributed by atoms with Gasteiger partial charge in [-0.25, -0.2) is 13.4 Å². The molecule has 4 heterocycles. The van der Waals surface area contributed by atoms with E-state index in [0.29, 0.717) is 24.4 Å². The third-order valence-corrected chi connectivity index (χ3v) is 7.77. The first-order valence-electron chi connectivity index (χ1n) is 9.22. The lowest BCUT2D eigenvalue weighted by molar-refractivity contribution is 0.391. The van der Waals surface area contributed by atoms with Gasteiger partial charge in [-0.15, -0.1) is 0 Å². The van der Waals surface area contributed by atoms with Gasteiger partial charge in [-0.2, -0.15) is 15.6 Å². The second kappa shape index (κ2) is 7.22. The van der Waals surface area contributed by atoms with Gasteiger partial charge >= 0.3 is 0 Å². The van der Waals surface area contributed by atoms with Crippen LogP contribution in [0.3, 0.4) is 0 Å². The molecule has 0 bridgehead atoms. The highest BCUT2D eigenvalue weighted by Crippen LogP contribution is 2.30. The number of fused-ring (bicyclic) bond motifs is 2. The predicted octanol–water partition coefficient (Wildman–Crippen LogP) is 4.18. The molecule has 4 aromatic rings. The van der Waals surface area contributed by atoms with Crippen LogP contribution in [0.25, 0.3) is 10.9 Å². The van der Waals surface area contributed by atoms with Crippen molar-refractivity contribution >= 4 is 43.8 Å². The Labute approximate surface area is 172 Å². The molecule has 0 aliphatic carbocycles. The van der Waals surface area contributed by atoms with Crippen LogP contribution in [0.4, 0.5) is 11.5 Å². The second-order valence-corrected chi connectivity index (χ2v) is 9.60. The van der Waals surface area contributed by atoms with Crippen LogP contribution in [-0.4, -0.2) is 29.2 Å². The molecular formula is C21H18N4O2S2. The third-order valence-electron chi connectivity index (χ3n) is 5.10. The summed E-state index contributed by atoms with van der Waals surface area (Å²) in [5.74, 6) is 0.757. The molecular weight excluding hydrogens is 404 g/mol. The SMILES string of the molecule is O=S(=O)(c1ccsc1)N1CCc2c(ccnc2Nc2cnc3ccccc3c2)C1. The molecule has 0 radical (unpaired) electrons. The van der Waals surface area contributed by atoms with Gasteiger partial charge in [0.2, 0.25) is 10.0 Å². The summed E-state index contributed by atoms with van der Waals surface area (Å²) in [7, 11) is -3.46. The van der Waals surface area contributed by atoms with Gasteiger partial charge in [0.15, 0.2) is 0 Å². The quantitative estimate of drug-likeness (QED) is 0.534. The summed E-state index contributed by atoms with van der Waals surface area (Å²) in [6, 6.07) is 13.5. The largest absolute Gasteiger partial charge is 0.339 e. The molecule has 1 aliphatic rings. The van der Waals surface area contributed by atoms with Gasteiger partial charge in [0, 0.05) is 35.6 Å². The fourth-order valence-corrected chi connectivity index (χ4v) is 6.04. The highest BCUT2D eigenvalue weighted by atomic mass is 32.2. The summed E-state index contributed by atoms with van der Waals surface area (Å²) in [5.41, 5.74) is 3.83. The minimum atomic E-state index is -3.46. The Morgan fingerprint density at radius 2 is 2.00 bits per heavy atom. The minimum Gasteiger partial charge on any atom is -0.339 e. The van der Waals surface area contributed by atoms with Crippen molar-refractivity contribution in [3.05, 3.63) is 76.7 Å². The van der Waals surface area contributed by atoms with Crippen molar-refractivity contribution in [3.8, 4) is 0 Å². The Morgan fingerprint density at radius 3 is 2.86 bits per heavy atom. The van der Waals surface area contributed by atoms with Crippen LogP contribution < -0.4 is 5.32 Å². The normalized spacial score (nSPS) is 14.6. The lowest BCUT2D eigenvalue weighted by atomic mass is 10.0. The Kier molecular flexibility index (Phi) is 4.54. The van der Waals surface area contributed by atoms with E-state index in [4.69, 9.17) is 0 Å².